The minimum Gasteiger partial charge on any atom is -0.497 e. The number of amides is 1. The molecule has 2 aromatic carbocycles. The summed E-state index contributed by atoms with van der Waals surface area (Å²) in [5.74, 6) is 2.60. The zero-order valence-electron chi connectivity index (χ0n) is 17.7. The van der Waals surface area contributed by atoms with Crippen LogP contribution in [0, 0.1) is 6.92 Å². The molecule has 160 valence electrons. The summed E-state index contributed by atoms with van der Waals surface area (Å²) in [6, 6.07) is 16.7. The topological polar surface area (TPSA) is 94.0 Å². The maximum absolute atomic E-state index is 12.2. The third-order valence-electron chi connectivity index (χ3n) is 4.56. The molecule has 32 heavy (non-hydrogen) atoms. The van der Waals surface area contributed by atoms with Gasteiger partial charge in [0.25, 0.3) is 0 Å². The van der Waals surface area contributed by atoms with Gasteiger partial charge < -0.3 is 15.4 Å². The van der Waals surface area contributed by atoms with E-state index in [-0.39, 0.29) is 5.91 Å². The van der Waals surface area contributed by atoms with Crippen LogP contribution >= 0.6 is 0 Å². The van der Waals surface area contributed by atoms with E-state index in [1.165, 1.54) is 6.08 Å². The number of imidazole rings is 1. The summed E-state index contributed by atoms with van der Waals surface area (Å²) in [6.45, 7) is 1.84. The number of nitrogens with zero attached hydrogens (tertiary/aromatic N) is 4. The van der Waals surface area contributed by atoms with E-state index in [1.807, 2.05) is 72.3 Å². The summed E-state index contributed by atoms with van der Waals surface area (Å²) < 4.78 is 6.95. The maximum Gasteiger partial charge on any atom is 0.248 e. The SMILES string of the molecule is COc1ccc(/C=C/C(=O)Nc2ccc(Nc3cc(-n4ccnc4)nc(C)n3)cc2)cc1. The van der Waals surface area contributed by atoms with E-state index in [9.17, 15) is 4.79 Å². The van der Waals surface area contributed by atoms with Gasteiger partial charge in [-0.2, -0.15) is 0 Å². The van der Waals surface area contributed by atoms with Crippen LogP contribution in [0.15, 0.2) is 79.4 Å². The fourth-order valence-electron chi connectivity index (χ4n) is 3.00. The van der Waals surface area contributed by atoms with Gasteiger partial charge in [0.2, 0.25) is 5.91 Å². The molecule has 0 radical (unpaired) electrons. The van der Waals surface area contributed by atoms with Crippen molar-refractivity contribution >= 4 is 29.2 Å². The molecule has 0 aliphatic heterocycles. The minimum atomic E-state index is -0.210. The first-order valence-corrected chi connectivity index (χ1v) is 9.93. The Morgan fingerprint density at radius 1 is 1.03 bits per heavy atom. The van der Waals surface area contributed by atoms with Gasteiger partial charge in [0, 0.05) is 35.9 Å². The van der Waals surface area contributed by atoms with Crippen LogP contribution in [0.1, 0.15) is 11.4 Å². The molecule has 0 bridgehead atoms. The van der Waals surface area contributed by atoms with Crippen LogP contribution in [-0.2, 0) is 4.79 Å². The molecule has 2 heterocycles. The van der Waals surface area contributed by atoms with Gasteiger partial charge in [-0.15, -0.1) is 0 Å². The molecule has 4 rings (SSSR count). The Morgan fingerprint density at radius 2 is 1.78 bits per heavy atom. The van der Waals surface area contributed by atoms with Gasteiger partial charge >= 0.3 is 0 Å². The molecular weight excluding hydrogens is 404 g/mol. The van der Waals surface area contributed by atoms with Crippen LogP contribution in [-0.4, -0.2) is 32.5 Å². The van der Waals surface area contributed by atoms with Crippen LogP contribution in [0.25, 0.3) is 11.9 Å². The van der Waals surface area contributed by atoms with E-state index in [0.29, 0.717) is 17.3 Å². The number of hydrogen-bond acceptors (Lipinski definition) is 6. The molecular formula is C24H22N6O2. The summed E-state index contributed by atoms with van der Waals surface area (Å²) in [5.41, 5.74) is 2.44. The van der Waals surface area contributed by atoms with Crippen molar-refractivity contribution in [2.24, 2.45) is 0 Å². The average molecular weight is 426 g/mol. The number of nitrogens with one attached hydrogen (secondary N) is 2. The van der Waals surface area contributed by atoms with Gasteiger partial charge in [-0.3, -0.25) is 9.36 Å². The van der Waals surface area contributed by atoms with Crippen LogP contribution in [0.2, 0.25) is 0 Å². The number of methoxy groups -OCH3 is 1. The van der Waals surface area contributed by atoms with Crippen molar-refractivity contribution in [3.63, 3.8) is 0 Å². The van der Waals surface area contributed by atoms with Crippen LogP contribution in [0.4, 0.5) is 17.2 Å². The Bertz CT molecular complexity index is 1220. The summed E-state index contributed by atoms with van der Waals surface area (Å²) in [6.07, 6.45) is 8.46. The standard InChI is InChI=1S/C24H22N6O2/c1-17-26-22(15-23(27-17)30-14-13-25-16-30)28-19-6-8-20(9-7-19)29-24(31)12-5-18-3-10-21(32-2)11-4-18/h3-16H,1-2H3,(H,29,31)(H,26,27,28)/b12-5+. The Balaban J connectivity index is 1.38. The lowest BCUT2D eigenvalue weighted by molar-refractivity contribution is -0.111. The van der Waals surface area contributed by atoms with E-state index >= 15 is 0 Å². The Labute approximate surface area is 185 Å². The second-order valence-electron chi connectivity index (χ2n) is 6.93. The van der Waals surface area contributed by atoms with Crippen molar-refractivity contribution < 1.29 is 9.53 Å². The molecule has 8 heteroatoms. The third-order valence-corrected chi connectivity index (χ3v) is 4.56. The molecule has 0 spiro atoms. The normalized spacial score (nSPS) is 10.8. The maximum atomic E-state index is 12.2. The Morgan fingerprint density at radius 3 is 2.47 bits per heavy atom. The molecule has 0 atom stereocenters. The summed E-state index contributed by atoms with van der Waals surface area (Å²) in [5, 5.41) is 6.11. The lowest BCUT2D eigenvalue weighted by atomic mass is 10.2. The number of hydrogen-bond donors (Lipinski definition) is 2. The number of ether oxygens (including phenoxy) is 1. The molecule has 8 nitrogen and oxygen atoms in total. The molecule has 4 aromatic rings. The van der Waals surface area contributed by atoms with Crippen molar-refractivity contribution in [2.75, 3.05) is 17.7 Å². The lowest BCUT2D eigenvalue weighted by Crippen LogP contribution is -2.07. The summed E-state index contributed by atoms with van der Waals surface area (Å²) >= 11 is 0. The third kappa shape index (κ3) is 5.37. The molecule has 0 aliphatic rings. The van der Waals surface area contributed by atoms with Crippen molar-refractivity contribution in [3.8, 4) is 11.6 Å². The molecule has 0 fully saturated rings. The monoisotopic (exact) mass is 426 g/mol. The first kappa shape index (κ1) is 20.8. The number of anilines is 3. The Hall–Kier alpha value is -4.46. The summed E-state index contributed by atoms with van der Waals surface area (Å²) in [4.78, 5) is 25.1. The quantitative estimate of drug-likeness (QED) is 0.426. The van der Waals surface area contributed by atoms with Crippen LogP contribution in [0.5, 0.6) is 5.75 Å². The molecule has 0 saturated heterocycles. The zero-order chi connectivity index (χ0) is 22.3. The molecule has 1 amide bonds. The van der Waals surface area contributed by atoms with Gasteiger partial charge in [0.1, 0.15) is 29.5 Å². The van der Waals surface area contributed by atoms with E-state index in [1.54, 1.807) is 25.7 Å². The highest BCUT2D eigenvalue weighted by molar-refractivity contribution is 6.02. The van der Waals surface area contributed by atoms with Gasteiger partial charge in [-0.25, -0.2) is 15.0 Å². The van der Waals surface area contributed by atoms with Gasteiger partial charge in [0.15, 0.2) is 0 Å². The summed E-state index contributed by atoms with van der Waals surface area (Å²) in [7, 11) is 1.62. The fourth-order valence-corrected chi connectivity index (χ4v) is 3.00. The largest absolute Gasteiger partial charge is 0.497 e. The van der Waals surface area contributed by atoms with Gasteiger partial charge in [-0.05, 0) is 55.0 Å². The highest BCUT2D eigenvalue weighted by atomic mass is 16.5. The number of carbonyl (C=O) groups excluding carboxylic acids is 1. The average Bonchev–Trinajstić information content (AvgIpc) is 3.34. The van der Waals surface area contributed by atoms with Crippen molar-refractivity contribution in [1.29, 1.82) is 0 Å². The molecule has 2 aromatic heterocycles. The van der Waals surface area contributed by atoms with Crippen LogP contribution in [0.3, 0.4) is 0 Å². The van der Waals surface area contributed by atoms with E-state index in [0.717, 1.165) is 22.8 Å². The second kappa shape index (κ2) is 9.57. The van der Waals surface area contributed by atoms with Gasteiger partial charge in [0.05, 0.1) is 7.11 Å². The molecule has 0 aliphatic carbocycles. The Kier molecular flexibility index (Phi) is 6.22. The predicted octanol–water partition coefficient (Wildman–Crippen LogP) is 4.37. The fraction of sp³-hybridized carbons (Fsp3) is 0.0833. The minimum absolute atomic E-state index is 0.210. The smallest absolute Gasteiger partial charge is 0.248 e. The molecule has 0 saturated carbocycles. The molecule has 2 N–H and O–H groups in total. The van der Waals surface area contributed by atoms with Crippen molar-refractivity contribution in [2.45, 2.75) is 6.92 Å². The number of aryl methyl sites for hydroxylation is 1. The lowest BCUT2D eigenvalue weighted by Gasteiger charge is -2.10. The molecule has 0 unspecified atom stereocenters. The number of benzene rings is 2. The van der Waals surface area contributed by atoms with E-state index in [4.69, 9.17) is 4.74 Å². The zero-order valence-corrected chi connectivity index (χ0v) is 17.7. The predicted molar refractivity (Wildman–Crippen MR) is 124 cm³/mol. The van der Waals surface area contributed by atoms with E-state index < -0.39 is 0 Å². The number of aromatic nitrogens is 4. The highest BCUT2D eigenvalue weighted by Gasteiger charge is 2.05. The second-order valence-corrected chi connectivity index (χ2v) is 6.93. The number of carbonyl (C=O) groups is 1. The highest BCUT2D eigenvalue weighted by Crippen LogP contribution is 2.19. The van der Waals surface area contributed by atoms with E-state index in [2.05, 4.69) is 25.6 Å². The number of rotatable bonds is 7. The first-order valence-electron chi connectivity index (χ1n) is 9.93. The van der Waals surface area contributed by atoms with Crippen LogP contribution < -0.4 is 15.4 Å². The van der Waals surface area contributed by atoms with Gasteiger partial charge in [-0.1, -0.05) is 12.1 Å². The first-order chi connectivity index (χ1) is 15.6. The van der Waals surface area contributed by atoms with Crippen molar-refractivity contribution in [1.82, 2.24) is 19.5 Å². The van der Waals surface area contributed by atoms with Crippen molar-refractivity contribution in [3.05, 3.63) is 90.8 Å².